The van der Waals surface area contributed by atoms with Gasteiger partial charge in [-0.1, -0.05) is 23.7 Å². The molecule has 3 rings (SSSR count). The van der Waals surface area contributed by atoms with Crippen molar-refractivity contribution in [3.05, 3.63) is 62.7 Å². The first-order valence-corrected chi connectivity index (χ1v) is 8.19. The van der Waals surface area contributed by atoms with Crippen molar-refractivity contribution >= 4 is 28.7 Å². The number of nitro benzene ring substituents is 1. The summed E-state index contributed by atoms with van der Waals surface area (Å²) in [6, 6.07) is 10.9. The lowest BCUT2D eigenvalue weighted by molar-refractivity contribution is -0.384. The number of halogens is 1. The Morgan fingerprint density at radius 2 is 2.00 bits per heavy atom. The number of nitrogens with one attached hydrogen (secondary N) is 1. The molecule has 0 radical (unpaired) electrons. The van der Waals surface area contributed by atoms with E-state index in [4.69, 9.17) is 17.3 Å². The highest BCUT2D eigenvalue weighted by Gasteiger charge is 2.22. The van der Waals surface area contributed by atoms with Crippen molar-refractivity contribution in [3.63, 3.8) is 0 Å². The number of hydrogen-bond donors (Lipinski definition) is 2. The number of nitrogens with two attached hydrogens (primary N) is 1. The molecule has 2 aromatic carbocycles. The molecule has 0 atom stereocenters. The first-order valence-electron chi connectivity index (χ1n) is 7.81. The summed E-state index contributed by atoms with van der Waals surface area (Å²) < 4.78 is 0. The lowest BCUT2D eigenvalue weighted by atomic mass is 10.0. The Bertz CT molecular complexity index is 760. The van der Waals surface area contributed by atoms with Gasteiger partial charge in [-0.15, -0.1) is 0 Å². The molecule has 24 heavy (non-hydrogen) atoms. The average molecular weight is 347 g/mol. The largest absolute Gasteiger partial charge is 0.393 e. The Kier molecular flexibility index (Phi) is 4.87. The van der Waals surface area contributed by atoms with Crippen molar-refractivity contribution in [1.82, 2.24) is 5.32 Å². The van der Waals surface area contributed by atoms with Crippen molar-refractivity contribution in [2.45, 2.75) is 6.42 Å². The van der Waals surface area contributed by atoms with Crippen LogP contribution in [0.15, 0.2) is 36.4 Å². The van der Waals surface area contributed by atoms with Crippen LogP contribution in [-0.4, -0.2) is 31.1 Å². The molecule has 1 heterocycles. The van der Waals surface area contributed by atoms with Gasteiger partial charge in [-0.2, -0.15) is 0 Å². The lowest BCUT2D eigenvalue weighted by Crippen LogP contribution is -2.43. The van der Waals surface area contributed by atoms with Crippen LogP contribution in [0.4, 0.5) is 17.1 Å². The van der Waals surface area contributed by atoms with E-state index in [1.165, 1.54) is 0 Å². The standard InChI is InChI=1S/C17H19ClN4O2/c18-14-3-1-2-12(9-14)8-13-10-15(21-6-4-20-5-7-21)11-16(19)17(13)22(23)24/h1-3,9-11,20H,4-8,19H2. The molecule has 1 aliphatic rings. The van der Waals surface area contributed by atoms with Crippen LogP contribution < -0.4 is 16.0 Å². The summed E-state index contributed by atoms with van der Waals surface area (Å²) in [4.78, 5) is 13.2. The predicted molar refractivity (Wildman–Crippen MR) is 96.8 cm³/mol. The van der Waals surface area contributed by atoms with E-state index in [1.54, 1.807) is 12.1 Å². The van der Waals surface area contributed by atoms with Crippen LogP contribution in [0, 0.1) is 10.1 Å². The van der Waals surface area contributed by atoms with Crippen LogP contribution in [0.3, 0.4) is 0 Å². The van der Waals surface area contributed by atoms with Crippen LogP contribution >= 0.6 is 11.6 Å². The fraction of sp³-hybridized carbons (Fsp3) is 0.294. The van der Waals surface area contributed by atoms with Crippen molar-refractivity contribution < 1.29 is 4.92 Å². The average Bonchev–Trinajstić information content (AvgIpc) is 2.55. The quantitative estimate of drug-likeness (QED) is 0.505. The van der Waals surface area contributed by atoms with Gasteiger partial charge in [-0.3, -0.25) is 10.1 Å². The second-order valence-electron chi connectivity index (χ2n) is 5.84. The van der Waals surface area contributed by atoms with E-state index in [-0.39, 0.29) is 11.4 Å². The Morgan fingerprint density at radius 1 is 1.25 bits per heavy atom. The van der Waals surface area contributed by atoms with Gasteiger partial charge in [0.05, 0.1) is 4.92 Å². The maximum Gasteiger partial charge on any atom is 0.295 e. The lowest BCUT2D eigenvalue weighted by Gasteiger charge is -2.30. The van der Waals surface area contributed by atoms with Crippen molar-refractivity contribution in [3.8, 4) is 0 Å². The summed E-state index contributed by atoms with van der Waals surface area (Å²) in [6.45, 7) is 3.49. The molecule has 0 bridgehead atoms. The molecule has 0 aromatic heterocycles. The molecule has 0 saturated carbocycles. The summed E-state index contributed by atoms with van der Waals surface area (Å²) in [7, 11) is 0. The third-order valence-electron chi connectivity index (χ3n) is 4.15. The van der Waals surface area contributed by atoms with Gasteiger partial charge >= 0.3 is 0 Å². The normalized spacial score (nSPS) is 14.6. The fourth-order valence-electron chi connectivity index (χ4n) is 3.03. The minimum Gasteiger partial charge on any atom is -0.393 e. The van der Waals surface area contributed by atoms with Gasteiger partial charge in [0.2, 0.25) is 0 Å². The number of nitrogens with zero attached hydrogens (tertiary/aromatic N) is 2. The summed E-state index contributed by atoms with van der Waals surface area (Å²) in [5, 5.41) is 15.4. The van der Waals surface area contributed by atoms with E-state index in [1.807, 2.05) is 24.3 Å². The highest BCUT2D eigenvalue weighted by molar-refractivity contribution is 6.30. The molecule has 0 spiro atoms. The van der Waals surface area contributed by atoms with Crippen molar-refractivity contribution in [2.24, 2.45) is 0 Å². The zero-order chi connectivity index (χ0) is 17.1. The second kappa shape index (κ2) is 7.07. The van der Waals surface area contributed by atoms with Crippen LogP contribution in [0.2, 0.25) is 5.02 Å². The van der Waals surface area contributed by atoms with Crippen LogP contribution in [0.5, 0.6) is 0 Å². The highest BCUT2D eigenvalue weighted by Crippen LogP contribution is 2.33. The number of rotatable bonds is 4. The molecule has 2 aromatic rings. The Balaban J connectivity index is 2.00. The van der Waals surface area contributed by atoms with E-state index >= 15 is 0 Å². The minimum absolute atomic E-state index is 0.0196. The van der Waals surface area contributed by atoms with E-state index in [2.05, 4.69) is 10.2 Å². The fourth-order valence-corrected chi connectivity index (χ4v) is 3.24. The summed E-state index contributed by atoms with van der Waals surface area (Å²) in [6.07, 6.45) is 0.418. The predicted octanol–water partition coefficient (Wildman–Crippen LogP) is 2.83. The maximum absolute atomic E-state index is 11.5. The van der Waals surface area contributed by atoms with Gasteiger partial charge < -0.3 is 16.0 Å². The molecule has 1 fully saturated rings. The van der Waals surface area contributed by atoms with E-state index in [0.717, 1.165) is 37.4 Å². The van der Waals surface area contributed by atoms with Crippen LogP contribution in [-0.2, 0) is 6.42 Å². The second-order valence-corrected chi connectivity index (χ2v) is 6.28. The van der Waals surface area contributed by atoms with Crippen LogP contribution in [0.1, 0.15) is 11.1 Å². The molecule has 6 nitrogen and oxygen atoms in total. The topological polar surface area (TPSA) is 84.4 Å². The highest BCUT2D eigenvalue weighted by atomic mass is 35.5. The van der Waals surface area contributed by atoms with Crippen molar-refractivity contribution in [2.75, 3.05) is 36.8 Å². The summed E-state index contributed by atoms with van der Waals surface area (Å²) in [5.74, 6) is 0. The van der Waals surface area contributed by atoms with Gasteiger partial charge in [0, 0.05) is 48.9 Å². The van der Waals surface area contributed by atoms with Gasteiger partial charge in [-0.05, 0) is 29.8 Å². The third kappa shape index (κ3) is 3.60. The molecular weight excluding hydrogens is 328 g/mol. The number of nitrogen functional groups attached to an aromatic ring is 1. The number of hydrogen-bond acceptors (Lipinski definition) is 5. The van der Waals surface area contributed by atoms with Gasteiger partial charge in [-0.25, -0.2) is 0 Å². The molecular formula is C17H19ClN4O2. The van der Waals surface area contributed by atoms with E-state index in [0.29, 0.717) is 17.0 Å². The molecule has 1 saturated heterocycles. The molecule has 1 aliphatic heterocycles. The summed E-state index contributed by atoms with van der Waals surface area (Å²) in [5.41, 5.74) is 8.64. The van der Waals surface area contributed by atoms with E-state index in [9.17, 15) is 10.1 Å². The smallest absolute Gasteiger partial charge is 0.295 e. The minimum atomic E-state index is -0.406. The number of benzene rings is 2. The Hall–Kier alpha value is -2.31. The van der Waals surface area contributed by atoms with Gasteiger partial charge in [0.1, 0.15) is 5.69 Å². The SMILES string of the molecule is Nc1cc(N2CCNCC2)cc(Cc2cccc(Cl)c2)c1[N+](=O)[O-]. The number of anilines is 2. The Labute approximate surface area is 145 Å². The van der Waals surface area contributed by atoms with Crippen LogP contribution in [0.25, 0.3) is 0 Å². The Morgan fingerprint density at radius 3 is 2.67 bits per heavy atom. The zero-order valence-corrected chi connectivity index (χ0v) is 13.9. The number of piperazine rings is 1. The zero-order valence-electron chi connectivity index (χ0n) is 13.2. The van der Waals surface area contributed by atoms with Gasteiger partial charge in [0.15, 0.2) is 0 Å². The molecule has 0 unspecified atom stereocenters. The molecule has 0 aliphatic carbocycles. The number of nitro groups is 1. The maximum atomic E-state index is 11.5. The summed E-state index contributed by atoms with van der Waals surface area (Å²) >= 11 is 6.02. The first kappa shape index (κ1) is 16.5. The van der Waals surface area contributed by atoms with Crippen molar-refractivity contribution in [1.29, 1.82) is 0 Å². The monoisotopic (exact) mass is 346 g/mol. The van der Waals surface area contributed by atoms with E-state index < -0.39 is 4.92 Å². The molecule has 7 heteroatoms. The van der Waals surface area contributed by atoms with Gasteiger partial charge in [0.25, 0.3) is 5.69 Å². The third-order valence-corrected chi connectivity index (χ3v) is 4.39. The first-order chi connectivity index (χ1) is 11.5. The molecule has 0 amide bonds. The molecule has 3 N–H and O–H groups in total. The molecule has 126 valence electrons.